The summed E-state index contributed by atoms with van der Waals surface area (Å²) in [7, 11) is 0. The smallest absolute Gasteiger partial charge is 0.0701 e. The molecule has 0 spiro atoms. The van der Waals surface area contributed by atoms with Gasteiger partial charge < -0.3 is 10.6 Å². The number of rotatable bonds is 5. The van der Waals surface area contributed by atoms with Crippen LogP contribution in [0.25, 0.3) is 0 Å². The monoisotopic (exact) mass is 342 g/mol. The van der Waals surface area contributed by atoms with Gasteiger partial charge in [0.2, 0.25) is 0 Å². The van der Waals surface area contributed by atoms with Crippen molar-refractivity contribution in [2.24, 2.45) is 5.92 Å². The van der Waals surface area contributed by atoms with E-state index in [0.29, 0.717) is 0 Å². The Morgan fingerprint density at radius 1 is 1.26 bits per heavy atom. The van der Waals surface area contributed by atoms with Gasteiger partial charge in [0.05, 0.1) is 3.79 Å². The van der Waals surface area contributed by atoms with Crippen molar-refractivity contribution in [1.82, 2.24) is 10.6 Å². The lowest BCUT2D eigenvalue weighted by Gasteiger charge is -2.26. The third-order valence-corrected chi connectivity index (χ3v) is 6.27. The zero-order valence-corrected chi connectivity index (χ0v) is 13.7. The summed E-state index contributed by atoms with van der Waals surface area (Å²) in [6, 6.07) is 5.93. The summed E-state index contributed by atoms with van der Waals surface area (Å²) in [6.07, 6.45) is 8.12. The minimum Gasteiger partial charge on any atom is -0.314 e. The second kappa shape index (κ2) is 6.70. The first-order chi connectivity index (χ1) is 9.33. The van der Waals surface area contributed by atoms with Crippen molar-refractivity contribution >= 4 is 27.3 Å². The van der Waals surface area contributed by atoms with Gasteiger partial charge in [0.25, 0.3) is 0 Å². The van der Waals surface area contributed by atoms with E-state index < -0.39 is 0 Å². The highest BCUT2D eigenvalue weighted by atomic mass is 79.9. The Morgan fingerprint density at radius 2 is 2.21 bits per heavy atom. The quantitative estimate of drug-likeness (QED) is 0.854. The molecule has 2 N–H and O–H groups in total. The van der Waals surface area contributed by atoms with Crippen molar-refractivity contribution in [2.45, 2.75) is 50.6 Å². The third-order valence-electron chi connectivity index (χ3n) is 4.59. The molecule has 4 heteroatoms. The normalized spacial score (nSPS) is 31.1. The van der Waals surface area contributed by atoms with Crippen LogP contribution in [0.2, 0.25) is 0 Å². The summed E-state index contributed by atoms with van der Waals surface area (Å²) in [5.41, 5.74) is 0. The first-order valence-electron chi connectivity index (χ1n) is 7.54. The Hall–Kier alpha value is 0.1000. The molecule has 1 aliphatic carbocycles. The first kappa shape index (κ1) is 14.1. The molecular formula is C15H23BrN2S. The molecule has 0 amide bonds. The number of hydrogen-bond donors (Lipinski definition) is 2. The van der Waals surface area contributed by atoms with Crippen molar-refractivity contribution in [2.75, 3.05) is 13.1 Å². The van der Waals surface area contributed by atoms with E-state index >= 15 is 0 Å². The molecule has 2 heterocycles. The average molecular weight is 343 g/mol. The molecule has 2 nitrogen and oxygen atoms in total. The van der Waals surface area contributed by atoms with Gasteiger partial charge in [0, 0.05) is 23.5 Å². The molecule has 3 unspecified atom stereocenters. The second-order valence-corrected chi connectivity index (χ2v) is 8.36. The van der Waals surface area contributed by atoms with E-state index in [1.807, 2.05) is 11.3 Å². The predicted molar refractivity (Wildman–Crippen MR) is 85.9 cm³/mol. The lowest BCUT2D eigenvalue weighted by atomic mass is 9.93. The molecule has 0 bridgehead atoms. The molecular weight excluding hydrogens is 320 g/mol. The minimum atomic E-state index is 0.749. The lowest BCUT2D eigenvalue weighted by molar-refractivity contribution is 0.322. The standard InChI is InChI=1S/C15H23BrN2S/c16-15-7-6-11(19-15)8-10-18-13-4-1-3-12(13)14-5-2-9-17-14/h6-7,12-14,17-18H,1-5,8-10H2. The predicted octanol–water partition coefficient (Wildman–Crippen LogP) is 3.56. The van der Waals surface area contributed by atoms with Gasteiger partial charge in [-0.1, -0.05) is 6.42 Å². The minimum absolute atomic E-state index is 0.749. The lowest BCUT2D eigenvalue weighted by Crippen LogP contribution is -2.42. The molecule has 0 aromatic carbocycles. The highest BCUT2D eigenvalue weighted by Crippen LogP contribution is 2.32. The first-order valence-corrected chi connectivity index (χ1v) is 9.15. The molecule has 1 aromatic heterocycles. The fourth-order valence-corrected chi connectivity index (χ4v) is 5.15. The van der Waals surface area contributed by atoms with Gasteiger partial charge in [0.15, 0.2) is 0 Å². The molecule has 1 saturated heterocycles. The van der Waals surface area contributed by atoms with Crippen LogP contribution in [-0.2, 0) is 6.42 Å². The van der Waals surface area contributed by atoms with Crippen LogP contribution in [0.3, 0.4) is 0 Å². The van der Waals surface area contributed by atoms with Crippen molar-refractivity contribution in [3.63, 3.8) is 0 Å². The highest BCUT2D eigenvalue weighted by molar-refractivity contribution is 9.11. The fraction of sp³-hybridized carbons (Fsp3) is 0.733. The van der Waals surface area contributed by atoms with Gasteiger partial charge in [-0.3, -0.25) is 0 Å². The Bertz CT molecular complexity index is 401. The van der Waals surface area contributed by atoms with Gasteiger partial charge in [-0.2, -0.15) is 0 Å². The molecule has 2 fully saturated rings. The van der Waals surface area contributed by atoms with E-state index in [1.54, 1.807) is 0 Å². The van der Waals surface area contributed by atoms with E-state index in [2.05, 4.69) is 38.7 Å². The number of thiophene rings is 1. The van der Waals surface area contributed by atoms with Crippen LogP contribution >= 0.6 is 27.3 Å². The summed E-state index contributed by atoms with van der Waals surface area (Å²) >= 11 is 5.40. The summed E-state index contributed by atoms with van der Waals surface area (Å²) in [5.74, 6) is 0.873. The molecule has 19 heavy (non-hydrogen) atoms. The Labute approximate surface area is 128 Å². The van der Waals surface area contributed by atoms with Gasteiger partial charge >= 0.3 is 0 Å². The topological polar surface area (TPSA) is 24.1 Å². The van der Waals surface area contributed by atoms with Gasteiger partial charge in [-0.15, -0.1) is 11.3 Å². The van der Waals surface area contributed by atoms with Crippen molar-refractivity contribution in [1.29, 1.82) is 0 Å². The molecule has 1 aliphatic heterocycles. The van der Waals surface area contributed by atoms with Gasteiger partial charge in [-0.05, 0) is 72.6 Å². The van der Waals surface area contributed by atoms with E-state index in [0.717, 1.165) is 31.0 Å². The summed E-state index contributed by atoms with van der Waals surface area (Å²) < 4.78 is 1.25. The van der Waals surface area contributed by atoms with Gasteiger partial charge in [-0.25, -0.2) is 0 Å². The van der Waals surface area contributed by atoms with Crippen molar-refractivity contribution < 1.29 is 0 Å². The summed E-state index contributed by atoms with van der Waals surface area (Å²) in [4.78, 5) is 1.48. The van der Waals surface area contributed by atoms with Crippen molar-refractivity contribution in [3.8, 4) is 0 Å². The maximum absolute atomic E-state index is 3.82. The summed E-state index contributed by atoms with van der Waals surface area (Å²) in [6.45, 7) is 2.36. The van der Waals surface area contributed by atoms with Crippen LogP contribution in [0.4, 0.5) is 0 Å². The molecule has 1 saturated carbocycles. The second-order valence-electron chi connectivity index (χ2n) is 5.81. The number of nitrogens with one attached hydrogen (secondary N) is 2. The van der Waals surface area contributed by atoms with Crippen LogP contribution in [0.5, 0.6) is 0 Å². The molecule has 106 valence electrons. The highest BCUT2D eigenvalue weighted by Gasteiger charge is 2.34. The molecule has 3 atom stereocenters. The Balaban J connectivity index is 1.46. The van der Waals surface area contributed by atoms with Crippen molar-refractivity contribution in [3.05, 3.63) is 20.8 Å². The number of hydrogen-bond acceptors (Lipinski definition) is 3. The zero-order chi connectivity index (χ0) is 13.1. The van der Waals surface area contributed by atoms with E-state index in [4.69, 9.17) is 0 Å². The van der Waals surface area contributed by atoms with E-state index in [-0.39, 0.29) is 0 Å². The Morgan fingerprint density at radius 3 is 2.95 bits per heavy atom. The summed E-state index contributed by atoms with van der Waals surface area (Å²) in [5, 5.41) is 7.51. The van der Waals surface area contributed by atoms with E-state index in [1.165, 1.54) is 47.3 Å². The van der Waals surface area contributed by atoms with Crippen LogP contribution in [0, 0.1) is 5.92 Å². The maximum atomic E-state index is 3.82. The average Bonchev–Trinajstić information content (AvgIpc) is 3.09. The maximum Gasteiger partial charge on any atom is 0.0701 e. The largest absolute Gasteiger partial charge is 0.314 e. The van der Waals surface area contributed by atoms with Crippen LogP contribution < -0.4 is 10.6 Å². The van der Waals surface area contributed by atoms with Crippen LogP contribution in [0.15, 0.2) is 15.9 Å². The van der Waals surface area contributed by atoms with Crippen LogP contribution in [0.1, 0.15) is 37.0 Å². The molecule has 1 aromatic rings. The molecule has 0 radical (unpaired) electrons. The van der Waals surface area contributed by atoms with Gasteiger partial charge in [0.1, 0.15) is 0 Å². The SMILES string of the molecule is Brc1ccc(CCNC2CCCC2C2CCCN2)s1. The van der Waals surface area contributed by atoms with E-state index in [9.17, 15) is 0 Å². The fourth-order valence-electron chi connectivity index (χ4n) is 3.67. The Kier molecular flexibility index (Phi) is 4.96. The van der Waals surface area contributed by atoms with Crippen LogP contribution in [-0.4, -0.2) is 25.2 Å². The third kappa shape index (κ3) is 3.60. The molecule has 2 aliphatic rings. The zero-order valence-electron chi connectivity index (χ0n) is 11.3. The number of halogens is 1. The molecule has 3 rings (SSSR count).